The van der Waals surface area contributed by atoms with E-state index in [1.807, 2.05) is 0 Å². The second kappa shape index (κ2) is 5.94. The van der Waals surface area contributed by atoms with E-state index in [0.717, 1.165) is 12.1 Å². The molecule has 100 valence electrons. The Balaban J connectivity index is 3.14. The Bertz CT molecular complexity index is 456. The summed E-state index contributed by atoms with van der Waals surface area (Å²) in [4.78, 5) is 9.57. The number of nitro groups is 1. The van der Waals surface area contributed by atoms with E-state index in [4.69, 9.17) is 16.7 Å². The highest BCUT2D eigenvalue weighted by molar-refractivity contribution is 6.17. The monoisotopic (exact) mass is 279 g/mol. The van der Waals surface area contributed by atoms with Crippen LogP contribution < -0.4 is 0 Å². The zero-order chi connectivity index (χ0) is 13.9. The van der Waals surface area contributed by atoms with Crippen LogP contribution in [0.2, 0.25) is 0 Å². The first-order valence-corrected chi connectivity index (χ1v) is 5.50. The van der Waals surface area contributed by atoms with E-state index in [2.05, 4.69) is 0 Å². The van der Waals surface area contributed by atoms with Crippen molar-refractivity contribution in [1.82, 2.24) is 0 Å². The van der Waals surface area contributed by atoms with E-state index in [-0.39, 0.29) is 17.9 Å². The molecule has 2 atom stereocenters. The highest BCUT2D eigenvalue weighted by Crippen LogP contribution is 2.33. The molecule has 0 saturated carbocycles. The molecule has 0 spiro atoms. The fourth-order valence-electron chi connectivity index (χ4n) is 1.41. The minimum Gasteiger partial charge on any atom is -0.500 e. The number of hydrogen-bond acceptors (Lipinski definition) is 5. The summed E-state index contributed by atoms with van der Waals surface area (Å²) in [6.45, 7) is 0. The van der Waals surface area contributed by atoms with Crippen LogP contribution in [0.5, 0.6) is 5.75 Å². The fraction of sp³-hybridized carbons (Fsp3) is 0.400. The lowest BCUT2D eigenvalue weighted by Gasteiger charge is -2.17. The number of nitro benzene ring substituents is 1. The van der Waals surface area contributed by atoms with Crippen molar-refractivity contribution in [3.8, 4) is 5.75 Å². The summed E-state index contributed by atoms with van der Waals surface area (Å²) in [5.74, 6) is -2.28. The molecule has 0 bridgehead atoms. The molecule has 0 heterocycles. The van der Waals surface area contributed by atoms with Crippen molar-refractivity contribution >= 4 is 17.3 Å². The van der Waals surface area contributed by atoms with Gasteiger partial charge in [-0.05, 0) is 18.1 Å². The van der Waals surface area contributed by atoms with Gasteiger partial charge in [0.1, 0.15) is 6.10 Å². The Kier molecular flexibility index (Phi) is 4.83. The van der Waals surface area contributed by atoms with Crippen molar-refractivity contribution in [2.45, 2.75) is 18.6 Å². The summed E-state index contributed by atoms with van der Waals surface area (Å²) in [5.41, 5.74) is -1.07. The average molecular weight is 280 g/mol. The number of rotatable bonds is 5. The second-order valence-electron chi connectivity index (χ2n) is 3.62. The number of phenolic OH excluding ortho intramolecular Hbond substituents is 1. The quantitative estimate of drug-likeness (QED) is 0.430. The van der Waals surface area contributed by atoms with Crippen LogP contribution in [0.4, 0.5) is 10.1 Å². The molecule has 0 aliphatic carbocycles. The lowest BCUT2D eigenvalue weighted by atomic mass is 10.0. The predicted octanol–water partition coefficient (Wildman–Crippen LogP) is 1.46. The molecule has 0 radical (unpaired) electrons. The number of aliphatic hydroxyl groups excluding tert-OH is 2. The summed E-state index contributed by atoms with van der Waals surface area (Å²) in [7, 11) is 0. The first-order chi connectivity index (χ1) is 8.38. The zero-order valence-electron chi connectivity index (χ0n) is 9.08. The SMILES string of the molecule is O=[N+]([O-])c1cc(C(O)C(O)CCCl)cc(F)c1O. The summed E-state index contributed by atoms with van der Waals surface area (Å²) in [6.07, 6.45) is -2.75. The Morgan fingerprint density at radius 2 is 2.06 bits per heavy atom. The first kappa shape index (κ1) is 14.6. The van der Waals surface area contributed by atoms with E-state index < -0.39 is 34.4 Å². The van der Waals surface area contributed by atoms with Crippen LogP contribution in [0.3, 0.4) is 0 Å². The van der Waals surface area contributed by atoms with Gasteiger partial charge in [0.2, 0.25) is 5.75 Å². The van der Waals surface area contributed by atoms with Gasteiger partial charge in [-0.2, -0.15) is 0 Å². The van der Waals surface area contributed by atoms with Gasteiger partial charge in [-0.3, -0.25) is 10.1 Å². The van der Waals surface area contributed by atoms with Crippen molar-refractivity contribution in [1.29, 1.82) is 0 Å². The number of halogens is 2. The summed E-state index contributed by atoms with van der Waals surface area (Å²) in [6, 6.07) is 1.53. The van der Waals surface area contributed by atoms with Crippen molar-refractivity contribution in [2.75, 3.05) is 5.88 Å². The van der Waals surface area contributed by atoms with E-state index in [1.54, 1.807) is 0 Å². The number of hydrogen-bond donors (Lipinski definition) is 3. The van der Waals surface area contributed by atoms with E-state index in [9.17, 15) is 24.7 Å². The van der Waals surface area contributed by atoms with Gasteiger partial charge in [0.15, 0.2) is 5.82 Å². The topological polar surface area (TPSA) is 104 Å². The van der Waals surface area contributed by atoms with Crippen LogP contribution in [-0.2, 0) is 0 Å². The fourth-order valence-corrected chi connectivity index (χ4v) is 1.63. The number of aromatic hydroxyl groups is 1. The molecular formula is C10H11ClFNO5. The summed E-state index contributed by atoms with van der Waals surface area (Å²) in [5, 5.41) is 38.8. The molecule has 3 N–H and O–H groups in total. The number of alkyl halides is 1. The highest BCUT2D eigenvalue weighted by atomic mass is 35.5. The van der Waals surface area contributed by atoms with E-state index in [1.165, 1.54) is 0 Å². The Labute approximate surface area is 106 Å². The highest BCUT2D eigenvalue weighted by Gasteiger charge is 2.25. The Morgan fingerprint density at radius 1 is 1.44 bits per heavy atom. The number of nitrogens with zero attached hydrogens (tertiary/aromatic N) is 1. The van der Waals surface area contributed by atoms with Crippen LogP contribution >= 0.6 is 11.6 Å². The maximum atomic E-state index is 13.2. The normalized spacial score (nSPS) is 14.2. The van der Waals surface area contributed by atoms with E-state index in [0.29, 0.717) is 0 Å². The van der Waals surface area contributed by atoms with Crippen molar-refractivity contribution in [2.24, 2.45) is 0 Å². The molecule has 0 aliphatic heterocycles. The molecule has 0 aliphatic rings. The van der Waals surface area contributed by atoms with Crippen LogP contribution in [-0.4, -0.2) is 32.2 Å². The molecule has 2 unspecified atom stereocenters. The standard InChI is InChI=1S/C10H11ClFNO5/c11-2-1-8(14)9(15)5-3-6(12)10(16)7(4-5)13(17)18/h3-4,8-9,14-16H,1-2H2. The molecule has 0 amide bonds. The lowest BCUT2D eigenvalue weighted by molar-refractivity contribution is -0.386. The van der Waals surface area contributed by atoms with Gasteiger partial charge in [0.05, 0.1) is 11.0 Å². The molecule has 6 nitrogen and oxygen atoms in total. The second-order valence-corrected chi connectivity index (χ2v) is 4.00. The van der Waals surface area contributed by atoms with Gasteiger partial charge in [-0.15, -0.1) is 11.6 Å². The third-order valence-electron chi connectivity index (χ3n) is 2.37. The third-order valence-corrected chi connectivity index (χ3v) is 2.59. The van der Waals surface area contributed by atoms with Crippen LogP contribution in [0.25, 0.3) is 0 Å². The van der Waals surface area contributed by atoms with Gasteiger partial charge in [0.25, 0.3) is 0 Å². The minimum atomic E-state index is -1.52. The number of phenols is 1. The molecule has 1 rings (SSSR count). The minimum absolute atomic E-state index is 0.0407. The maximum Gasteiger partial charge on any atom is 0.314 e. The van der Waals surface area contributed by atoms with Crippen molar-refractivity contribution < 1.29 is 24.6 Å². The Hall–Kier alpha value is -1.44. The van der Waals surface area contributed by atoms with Gasteiger partial charge in [0, 0.05) is 11.9 Å². The van der Waals surface area contributed by atoms with Crippen LogP contribution in [0.1, 0.15) is 18.1 Å². The van der Waals surface area contributed by atoms with Gasteiger partial charge < -0.3 is 15.3 Å². The molecule has 8 heteroatoms. The number of benzene rings is 1. The van der Waals surface area contributed by atoms with Gasteiger partial charge in [-0.1, -0.05) is 0 Å². The van der Waals surface area contributed by atoms with E-state index >= 15 is 0 Å². The van der Waals surface area contributed by atoms with Crippen molar-refractivity contribution in [3.05, 3.63) is 33.6 Å². The smallest absolute Gasteiger partial charge is 0.314 e. The molecule has 1 aromatic carbocycles. The molecule has 0 saturated heterocycles. The summed E-state index contributed by atoms with van der Waals surface area (Å²) >= 11 is 5.37. The zero-order valence-corrected chi connectivity index (χ0v) is 9.84. The van der Waals surface area contributed by atoms with Crippen LogP contribution in [0.15, 0.2) is 12.1 Å². The summed E-state index contributed by atoms with van der Waals surface area (Å²) < 4.78 is 13.2. The molecule has 1 aromatic rings. The molecule has 18 heavy (non-hydrogen) atoms. The molecular weight excluding hydrogens is 269 g/mol. The van der Waals surface area contributed by atoms with Crippen molar-refractivity contribution in [3.63, 3.8) is 0 Å². The third kappa shape index (κ3) is 3.06. The Morgan fingerprint density at radius 3 is 2.56 bits per heavy atom. The molecule has 0 aromatic heterocycles. The van der Waals surface area contributed by atoms with Gasteiger partial charge >= 0.3 is 5.69 Å². The number of aliphatic hydroxyl groups is 2. The maximum absolute atomic E-state index is 13.2. The first-order valence-electron chi connectivity index (χ1n) is 4.97. The molecule has 0 fully saturated rings. The lowest BCUT2D eigenvalue weighted by Crippen LogP contribution is -2.19. The average Bonchev–Trinajstić information content (AvgIpc) is 2.31. The predicted molar refractivity (Wildman–Crippen MR) is 61.0 cm³/mol. The largest absolute Gasteiger partial charge is 0.500 e. The van der Waals surface area contributed by atoms with Crippen LogP contribution in [0, 0.1) is 15.9 Å². The van der Waals surface area contributed by atoms with Gasteiger partial charge in [-0.25, -0.2) is 4.39 Å².